The Morgan fingerprint density at radius 2 is 2.06 bits per heavy atom. The molecule has 5 heteroatoms. The summed E-state index contributed by atoms with van der Waals surface area (Å²) in [5, 5.41) is 9.65. The van der Waals surface area contributed by atoms with Gasteiger partial charge in [-0.25, -0.2) is 0 Å². The second kappa shape index (κ2) is 5.40. The van der Waals surface area contributed by atoms with Gasteiger partial charge in [0, 0.05) is 11.4 Å². The standard InChI is InChI=1S/C13H15ClO4/c1-8-4-5-9(10(14)6-8)7-13(2,11(15)16)12(17)18-3/h4-6H,7H2,1-3H3,(H,15,16). The van der Waals surface area contributed by atoms with Gasteiger partial charge in [-0.1, -0.05) is 23.7 Å². The van der Waals surface area contributed by atoms with Gasteiger partial charge in [-0.2, -0.15) is 0 Å². The van der Waals surface area contributed by atoms with Gasteiger partial charge in [0.15, 0.2) is 5.41 Å². The number of halogens is 1. The molecule has 1 atom stereocenters. The molecular weight excluding hydrogens is 256 g/mol. The molecule has 1 aromatic carbocycles. The van der Waals surface area contributed by atoms with Crippen molar-refractivity contribution in [3.63, 3.8) is 0 Å². The molecule has 4 nitrogen and oxygen atoms in total. The Balaban J connectivity index is 3.12. The second-order valence-corrected chi connectivity index (χ2v) is 4.81. The first-order valence-electron chi connectivity index (χ1n) is 5.38. The molecule has 1 N–H and O–H groups in total. The molecule has 1 unspecified atom stereocenters. The van der Waals surface area contributed by atoms with E-state index >= 15 is 0 Å². The Morgan fingerprint density at radius 1 is 1.44 bits per heavy atom. The lowest BCUT2D eigenvalue weighted by Gasteiger charge is -2.22. The smallest absolute Gasteiger partial charge is 0.323 e. The molecule has 0 heterocycles. The van der Waals surface area contributed by atoms with Crippen molar-refractivity contribution in [2.45, 2.75) is 20.3 Å². The lowest BCUT2D eigenvalue weighted by atomic mass is 9.83. The highest BCUT2D eigenvalue weighted by atomic mass is 35.5. The number of carboxylic acids is 1. The number of benzene rings is 1. The first-order valence-corrected chi connectivity index (χ1v) is 5.76. The third kappa shape index (κ3) is 2.82. The minimum atomic E-state index is -1.63. The van der Waals surface area contributed by atoms with E-state index in [9.17, 15) is 14.7 Å². The first-order chi connectivity index (χ1) is 8.31. The number of hydrogen-bond donors (Lipinski definition) is 1. The van der Waals surface area contributed by atoms with Gasteiger partial charge in [-0.15, -0.1) is 0 Å². The fourth-order valence-corrected chi connectivity index (χ4v) is 1.94. The first kappa shape index (κ1) is 14.5. The summed E-state index contributed by atoms with van der Waals surface area (Å²) < 4.78 is 4.55. The summed E-state index contributed by atoms with van der Waals surface area (Å²) in [5.41, 5.74) is -0.0513. The van der Waals surface area contributed by atoms with Gasteiger partial charge < -0.3 is 9.84 Å². The Morgan fingerprint density at radius 3 is 2.50 bits per heavy atom. The van der Waals surface area contributed by atoms with Gasteiger partial charge >= 0.3 is 11.9 Å². The van der Waals surface area contributed by atoms with Crippen LogP contribution in [-0.2, 0) is 20.7 Å². The predicted molar refractivity (Wildman–Crippen MR) is 67.7 cm³/mol. The highest BCUT2D eigenvalue weighted by molar-refractivity contribution is 6.31. The molecule has 0 saturated carbocycles. The molecule has 0 aliphatic heterocycles. The Hall–Kier alpha value is -1.55. The van der Waals surface area contributed by atoms with Gasteiger partial charge in [0.1, 0.15) is 0 Å². The molecule has 18 heavy (non-hydrogen) atoms. The van der Waals surface area contributed by atoms with Crippen molar-refractivity contribution in [3.05, 3.63) is 34.3 Å². The second-order valence-electron chi connectivity index (χ2n) is 4.40. The van der Waals surface area contributed by atoms with Crippen LogP contribution in [0.2, 0.25) is 5.02 Å². The fraction of sp³-hybridized carbons (Fsp3) is 0.385. The van der Waals surface area contributed by atoms with E-state index in [-0.39, 0.29) is 6.42 Å². The normalized spacial score (nSPS) is 13.8. The lowest BCUT2D eigenvalue weighted by Crippen LogP contribution is -2.39. The van der Waals surface area contributed by atoms with Crippen molar-refractivity contribution in [2.24, 2.45) is 5.41 Å². The Kier molecular flexibility index (Phi) is 4.35. The monoisotopic (exact) mass is 270 g/mol. The number of carbonyl (C=O) groups excluding carboxylic acids is 1. The number of carboxylic acid groups (broad SMARTS) is 1. The van der Waals surface area contributed by atoms with Crippen LogP contribution in [0.4, 0.5) is 0 Å². The van der Waals surface area contributed by atoms with Gasteiger partial charge in [0.25, 0.3) is 0 Å². The van der Waals surface area contributed by atoms with E-state index in [4.69, 9.17) is 11.6 Å². The molecule has 0 spiro atoms. The zero-order valence-corrected chi connectivity index (χ0v) is 11.2. The van der Waals surface area contributed by atoms with Crippen molar-refractivity contribution in [3.8, 4) is 0 Å². The van der Waals surface area contributed by atoms with E-state index in [1.165, 1.54) is 14.0 Å². The van der Waals surface area contributed by atoms with Crippen LogP contribution < -0.4 is 0 Å². The molecule has 1 aromatic rings. The van der Waals surface area contributed by atoms with Crippen LogP contribution in [-0.4, -0.2) is 24.2 Å². The van der Waals surface area contributed by atoms with Crippen LogP contribution in [0.5, 0.6) is 0 Å². The molecular formula is C13H15ClO4. The maximum Gasteiger partial charge on any atom is 0.323 e. The maximum atomic E-state index is 11.6. The minimum absolute atomic E-state index is 0.00583. The van der Waals surface area contributed by atoms with Crippen LogP contribution in [0.3, 0.4) is 0 Å². The summed E-state index contributed by atoms with van der Waals surface area (Å²) in [4.78, 5) is 22.9. The molecule has 0 bridgehead atoms. The summed E-state index contributed by atoms with van der Waals surface area (Å²) in [5.74, 6) is -2.02. The average molecular weight is 271 g/mol. The van der Waals surface area contributed by atoms with Gasteiger partial charge in [-0.05, 0) is 31.0 Å². The van der Waals surface area contributed by atoms with Crippen molar-refractivity contribution in [2.75, 3.05) is 7.11 Å². The number of ether oxygens (including phenoxy) is 1. The van der Waals surface area contributed by atoms with Gasteiger partial charge in [0.2, 0.25) is 0 Å². The minimum Gasteiger partial charge on any atom is -0.480 e. The number of rotatable bonds is 4. The largest absolute Gasteiger partial charge is 0.480 e. The number of methoxy groups -OCH3 is 1. The number of aryl methyl sites for hydroxylation is 1. The third-order valence-corrected chi connectivity index (χ3v) is 3.21. The summed E-state index contributed by atoms with van der Waals surface area (Å²) in [7, 11) is 1.17. The molecule has 98 valence electrons. The van der Waals surface area contributed by atoms with Gasteiger partial charge in [0.05, 0.1) is 7.11 Å². The topological polar surface area (TPSA) is 63.6 Å². The number of carbonyl (C=O) groups is 2. The van der Waals surface area contributed by atoms with E-state index in [1.807, 2.05) is 13.0 Å². The van der Waals surface area contributed by atoms with E-state index in [0.29, 0.717) is 10.6 Å². The van der Waals surface area contributed by atoms with Crippen LogP contribution in [0.15, 0.2) is 18.2 Å². The molecule has 0 aliphatic carbocycles. The Bertz CT molecular complexity index is 484. The van der Waals surface area contributed by atoms with Gasteiger partial charge in [-0.3, -0.25) is 9.59 Å². The van der Waals surface area contributed by atoms with E-state index in [0.717, 1.165) is 5.56 Å². The molecule has 0 aliphatic rings. The Labute approximate surface area is 111 Å². The van der Waals surface area contributed by atoms with Crippen LogP contribution >= 0.6 is 11.6 Å². The van der Waals surface area contributed by atoms with Crippen LogP contribution in [0.1, 0.15) is 18.1 Å². The van der Waals surface area contributed by atoms with E-state index < -0.39 is 17.4 Å². The van der Waals surface area contributed by atoms with Crippen molar-refractivity contribution in [1.29, 1.82) is 0 Å². The van der Waals surface area contributed by atoms with Crippen molar-refractivity contribution < 1.29 is 19.4 Å². The SMILES string of the molecule is COC(=O)C(C)(Cc1ccc(C)cc1Cl)C(=O)O. The summed E-state index contributed by atoms with van der Waals surface area (Å²) in [6, 6.07) is 5.28. The molecule has 0 fully saturated rings. The fourth-order valence-electron chi connectivity index (χ4n) is 1.64. The number of aliphatic carboxylic acids is 1. The quantitative estimate of drug-likeness (QED) is 0.674. The zero-order chi connectivity index (χ0) is 13.9. The maximum absolute atomic E-state index is 11.6. The zero-order valence-electron chi connectivity index (χ0n) is 10.5. The van der Waals surface area contributed by atoms with Crippen LogP contribution in [0, 0.1) is 12.3 Å². The third-order valence-electron chi connectivity index (χ3n) is 2.86. The molecule has 0 saturated heterocycles. The predicted octanol–water partition coefficient (Wildman–Crippen LogP) is 2.45. The highest BCUT2D eigenvalue weighted by Crippen LogP contribution is 2.29. The summed E-state index contributed by atoms with van der Waals surface area (Å²) in [6.45, 7) is 3.21. The number of esters is 1. The molecule has 0 aromatic heterocycles. The van der Waals surface area contributed by atoms with E-state index in [1.54, 1.807) is 12.1 Å². The molecule has 0 amide bonds. The lowest BCUT2D eigenvalue weighted by molar-refractivity contribution is -0.165. The molecule has 1 rings (SSSR count). The highest BCUT2D eigenvalue weighted by Gasteiger charge is 2.43. The summed E-state index contributed by atoms with van der Waals surface area (Å²) in [6.07, 6.45) is -0.00583. The molecule has 0 radical (unpaired) electrons. The van der Waals surface area contributed by atoms with Crippen molar-refractivity contribution in [1.82, 2.24) is 0 Å². The van der Waals surface area contributed by atoms with E-state index in [2.05, 4.69) is 4.74 Å². The number of hydrogen-bond acceptors (Lipinski definition) is 3. The average Bonchev–Trinajstić information content (AvgIpc) is 2.31. The van der Waals surface area contributed by atoms with Crippen molar-refractivity contribution >= 4 is 23.5 Å². The summed E-state index contributed by atoms with van der Waals surface area (Å²) >= 11 is 6.04. The van der Waals surface area contributed by atoms with Crippen LogP contribution in [0.25, 0.3) is 0 Å².